The molecule has 5 nitrogen and oxygen atoms in total. The predicted molar refractivity (Wildman–Crippen MR) is 101 cm³/mol. The number of aromatic nitrogens is 1. The van der Waals surface area contributed by atoms with Gasteiger partial charge in [-0.2, -0.15) is 0 Å². The van der Waals surface area contributed by atoms with Gasteiger partial charge in [0, 0.05) is 18.5 Å². The third-order valence-electron chi connectivity index (χ3n) is 5.16. The number of rotatable bonds is 4. The van der Waals surface area contributed by atoms with Crippen LogP contribution in [0.1, 0.15) is 43.0 Å². The highest BCUT2D eigenvalue weighted by atomic mass is 35.5. The number of likely N-dealkylation sites (N-methyl/N-ethyl adjacent to an activating group) is 1. The molecule has 6 heteroatoms. The van der Waals surface area contributed by atoms with Gasteiger partial charge in [-0.15, -0.1) is 0 Å². The second-order valence-electron chi connectivity index (χ2n) is 7.00. The Bertz CT molecular complexity index is 816. The van der Waals surface area contributed by atoms with Crippen molar-refractivity contribution in [3.05, 3.63) is 41.0 Å². The van der Waals surface area contributed by atoms with E-state index in [-0.39, 0.29) is 23.7 Å². The van der Waals surface area contributed by atoms with Gasteiger partial charge in [-0.1, -0.05) is 36.7 Å². The zero-order chi connectivity index (χ0) is 18.7. The highest BCUT2D eigenvalue weighted by Gasteiger charge is 2.25. The number of nitrogens with zero attached hydrogens (tertiary/aromatic N) is 2. The van der Waals surface area contributed by atoms with E-state index in [9.17, 15) is 9.59 Å². The van der Waals surface area contributed by atoms with Crippen LogP contribution in [0.4, 0.5) is 0 Å². The molecule has 1 saturated carbocycles. The van der Waals surface area contributed by atoms with Crippen molar-refractivity contribution in [1.82, 2.24) is 9.88 Å². The zero-order valence-electron chi connectivity index (χ0n) is 15.1. The predicted octanol–water partition coefficient (Wildman–Crippen LogP) is 4.08. The summed E-state index contributed by atoms with van der Waals surface area (Å²) in [6.45, 7) is 1.97. The molecule has 26 heavy (non-hydrogen) atoms. The number of benzene rings is 1. The van der Waals surface area contributed by atoms with Crippen molar-refractivity contribution in [2.45, 2.75) is 38.6 Å². The van der Waals surface area contributed by atoms with Crippen LogP contribution in [0.2, 0.25) is 5.15 Å². The average molecular weight is 375 g/mol. The molecule has 0 saturated heterocycles. The number of fused-ring (bicyclic) bond motifs is 1. The Morgan fingerprint density at radius 1 is 1.23 bits per heavy atom. The maximum Gasteiger partial charge on any atom is 0.339 e. The van der Waals surface area contributed by atoms with E-state index in [1.54, 1.807) is 24.1 Å². The molecule has 1 aliphatic rings. The molecular formula is C20H23ClN2O3. The lowest BCUT2D eigenvalue weighted by Crippen LogP contribution is -2.41. The number of carbonyl (C=O) groups excluding carboxylic acids is 2. The molecule has 0 N–H and O–H groups in total. The van der Waals surface area contributed by atoms with Crippen LogP contribution in [-0.4, -0.2) is 41.5 Å². The van der Waals surface area contributed by atoms with Gasteiger partial charge in [0.25, 0.3) is 5.91 Å². The number of hydrogen-bond donors (Lipinski definition) is 0. The molecule has 3 rings (SSSR count). The van der Waals surface area contributed by atoms with Gasteiger partial charge in [0.05, 0.1) is 11.1 Å². The molecule has 0 spiro atoms. The van der Waals surface area contributed by atoms with Crippen molar-refractivity contribution in [3.63, 3.8) is 0 Å². The molecule has 1 amide bonds. The van der Waals surface area contributed by atoms with Crippen molar-refractivity contribution >= 4 is 34.4 Å². The Morgan fingerprint density at radius 2 is 1.92 bits per heavy atom. The van der Waals surface area contributed by atoms with Crippen molar-refractivity contribution in [2.75, 3.05) is 13.7 Å². The van der Waals surface area contributed by atoms with E-state index in [4.69, 9.17) is 16.3 Å². The summed E-state index contributed by atoms with van der Waals surface area (Å²) in [5, 5.41) is 0.874. The number of hydrogen-bond acceptors (Lipinski definition) is 4. The zero-order valence-corrected chi connectivity index (χ0v) is 15.8. The van der Waals surface area contributed by atoms with Crippen LogP contribution in [0.3, 0.4) is 0 Å². The lowest BCUT2D eigenvalue weighted by Gasteiger charge is -2.33. The maximum atomic E-state index is 12.5. The molecule has 2 aromatic rings. The normalized spacial score (nSPS) is 20.0. The molecule has 0 unspecified atom stereocenters. The standard InChI is InChI=1S/C20H23ClN2O3/c1-13-7-9-14(10-8-13)23(2)19(24)12-26-20(25)16-11-18(21)22-17-6-4-3-5-15(16)17/h3-6,11,13-14H,7-10,12H2,1-2H3. The molecule has 0 bridgehead atoms. The Labute approximate surface area is 158 Å². The smallest absolute Gasteiger partial charge is 0.339 e. The summed E-state index contributed by atoms with van der Waals surface area (Å²) in [5.41, 5.74) is 0.939. The molecule has 138 valence electrons. The first-order valence-corrected chi connectivity index (χ1v) is 9.31. The molecule has 0 radical (unpaired) electrons. The van der Waals surface area contributed by atoms with Gasteiger partial charge in [-0.3, -0.25) is 4.79 Å². The summed E-state index contributed by atoms with van der Waals surface area (Å²) < 4.78 is 5.27. The summed E-state index contributed by atoms with van der Waals surface area (Å²) in [4.78, 5) is 30.8. The van der Waals surface area contributed by atoms with Crippen LogP contribution in [-0.2, 0) is 9.53 Å². The number of pyridine rings is 1. The summed E-state index contributed by atoms with van der Waals surface area (Å²) in [6.07, 6.45) is 4.26. The van der Waals surface area contributed by atoms with Crippen LogP contribution in [0.15, 0.2) is 30.3 Å². The Morgan fingerprint density at radius 3 is 2.65 bits per heavy atom. The Hall–Kier alpha value is -2.14. The van der Waals surface area contributed by atoms with Crippen LogP contribution >= 0.6 is 11.6 Å². The first-order chi connectivity index (χ1) is 12.5. The van der Waals surface area contributed by atoms with Crippen molar-refractivity contribution in [3.8, 4) is 0 Å². The maximum absolute atomic E-state index is 12.5. The van der Waals surface area contributed by atoms with Gasteiger partial charge in [0.1, 0.15) is 5.15 Å². The number of halogens is 1. The number of amides is 1. The Balaban J connectivity index is 1.65. The van der Waals surface area contributed by atoms with Crippen LogP contribution < -0.4 is 0 Å². The summed E-state index contributed by atoms with van der Waals surface area (Å²) >= 11 is 6.00. The highest BCUT2D eigenvalue weighted by molar-refractivity contribution is 6.30. The molecule has 0 aliphatic heterocycles. The second-order valence-corrected chi connectivity index (χ2v) is 7.39. The summed E-state index contributed by atoms with van der Waals surface area (Å²) in [7, 11) is 1.79. The topological polar surface area (TPSA) is 59.5 Å². The lowest BCUT2D eigenvalue weighted by atomic mass is 9.87. The van der Waals surface area contributed by atoms with Gasteiger partial charge in [0.2, 0.25) is 0 Å². The van der Waals surface area contributed by atoms with Crippen molar-refractivity contribution in [2.24, 2.45) is 5.92 Å². The van der Waals surface area contributed by atoms with E-state index >= 15 is 0 Å². The van der Waals surface area contributed by atoms with E-state index in [2.05, 4.69) is 11.9 Å². The first kappa shape index (κ1) is 18.6. The molecular weight excluding hydrogens is 352 g/mol. The SMILES string of the molecule is CC1CCC(N(C)C(=O)COC(=O)c2cc(Cl)nc3ccccc23)CC1. The van der Waals surface area contributed by atoms with Gasteiger partial charge in [-0.25, -0.2) is 9.78 Å². The summed E-state index contributed by atoms with van der Waals surface area (Å²) in [5.74, 6) is -0.0239. The minimum Gasteiger partial charge on any atom is -0.452 e. The third-order valence-corrected chi connectivity index (χ3v) is 5.35. The largest absolute Gasteiger partial charge is 0.452 e. The molecule has 1 aliphatic carbocycles. The van der Waals surface area contributed by atoms with Gasteiger partial charge in [-0.05, 0) is 43.7 Å². The van der Waals surface area contributed by atoms with E-state index in [0.29, 0.717) is 16.5 Å². The lowest BCUT2D eigenvalue weighted by molar-refractivity contribution is -0.136. The monoisotopic (exact) mass is 374 g/mol. The minimum atomic E-state index is -0.565. The van der Waals surface area contributed by atoms with E-state index < -0.39 is 5.97 Å². The molecule has 1 aromatic carbocycles. The second kappa shape index (κ2) is 8.04. The minimum absolute atomic E-state index is 0.178. The van der Waals surface area contributed by atoms with E-state index in [1.807, 2.05) is 12.1 Å². The average Bonchev–Trinajstić information content (AvgIpc) is 2.65. The molecule has 1 aromatic heterocycles. The van der Waals surface area contributed by atoms with Crippen molar-refractivity contribution in [1.29, 1.82) is 0 Å². The summed E-state index contributed by atoms with van der Waals surface area (Å²) in [6, 6.07) is 8.91. The third kappa shape index (κ3) is 4.15. The molecule has 1 heterocycles. The van der Waals surface area contributed by atoms with E-state index in [0.717, 1.165) is 31.6 Å². The van der Waals surface area contributed by atoms with Gasteiger partial charge < -0.3 is 9.64 Å². The van der Waals surface area contributed by atoms with Crippen LogP contribution in [0.5, 0.6) is 0 Å². The van der Waals surface area contributed by atoms with Crippen LogP contribution in [0, 0.1) is 5.92 Å². The fourth-order valence-corrected chi connectivity index (χ4v) is 3.65. The van der Waals surface area contributed by atoms with Gasteiger partial charge >= 0.3 is 5.97 Å². The number of para-hydroxylation sites is 1. The Kier molecular flexibility index (Phi) is 5.77. The fraction of sp³-hybridized carbons (Fsp3) is 0.450. The first-order valence-electron chi connectivity index (χ1n) is 8.93. The highest BCUT2D eigenvalue weighted by Crippen LogP contribution is 2.26. The molecule has 1 fully saturated rings. The number of carbonyl (C=O) groups is 2. The van der Waals surface area contributed by atoms with E-state index in [1.165, 1.54) is 6.07 Å². The van der Waals surface area contributed by atoms with Gasteiger partial charge in [0.15, 0.2) is 6.61 Å². The fourth-order valence-electron chi connectivity index (χ4n) is 3.45. The van der Waals surface area contributed by atoms with Crippen molar-refractivity contribution < 1.29 is 14.3 Å². The van der Waals surface area contributed by atoms with Crippen LogP contribution in [0.25, 0.3) is 10.9 Å². The number of ether oxygens (including phenoxy) is 1. The number of esters is 1. The quantitative estimate of drug-likeness (QED) is 0.597. The molecule has 0 atom stereocenters.